The van der Waals surface area contributed by atoms with E-state index in [2.05, 4.69) is 44.2 Å². The van der Waals surface area contributed by atoms with Gasteiger partial charge in [0.15, 0.2) is 0 Å². The molecule has 0 saturated carbocycles. The molecule has 0 aliphatic rings. The Morgan fingerprint density at radius 1 is 0.553 bits per heavy atom. The third kappa shape index (κ3) is 25.4. The van der Waals surface area contributed by atoms with Gasteiger partial charge in [0.1, 0.15) is 23.1 Å². The second-order valence-corrected chi connectivity index (χ2v) is 19.0. The van der Waals surface area contributed by atoms with Crippen LogP contribution in [-0.4, -0.2) is 183 Å². The molecule has 0 bridgehead atoms. The fraction of sp³-hybridized carbons (Fsp3) is 0.519. The average molecular weight is 1100 g/mol. The summed E-state index contributed by atoms with van der Waals surface area (Å²) in [6, 6.07) is 24.3. The van der Waals surface area contributed by atoms with Crippen molar-refractivity contribution in [3.05, 3.63) is 101 Å². The van der Waals surface area contributed by atoms with Crippen LogP contribution in [0.25, 0.3) is 22.3 Å². The number of nitrogens with zero attached hydrogens (tertiary/aromatic N) is 4. The van der Waals surface area contributed by atoms with E-state index >= 15 is 0 Å². The maximum atomic E-state index is 13.0. The van der Waals surface area contributed by atoms with E-state index in [1.54, 1.807) is 13.3 Å². The molecule has 76 heavy (non-hydrogen) atoms. The minimum Gasteiger partial charge on any atom is -0.455 e. The Morgan fingerprint density at radius 2 is 1.07 bits per heavy atom. The Morgan fingerprint density at radius 3 is 1.57 bits per heavy atom. The minimum absolute atomic E-state index is 0.0502. The Kier molecular flexibility index (Phi) is 31.3. The van der Waals surface area contributed by atoms with E-state index in [1.807, 2.05) is 43.3 Å². The predicted octanol–water partition coefficient (Wildman–Crippen LogP) is 7.19. The summed E-state index contributed by atoms with van der Waals surface area (Å²) in [5.41, 5.74) is 7.20. The van der Waals surface area contributed by atoms with Crippen molar-refractivity contribution in [3.63, 3.8) is 0 Å². The van der Waals surface area contributed by atoms with E-state index in [1.165, 1.54) is 23.7 Å². The number of sulfonamides is 1. The van der Waals surface area contributed by atoms with E-state index in [0.29, 0.717) is 158 Å². The number of hydrogen-bond donors (Lipinski definition) is 1. The van der Waals surface area contributed by atoms with Gasteiger partial charge in [-0.05, 0) is 85.3 Å². The Bertz CT molecular complexity index is 2480. The highest BCUT2D eigenvalue weighted by atomic mass is 32.2. The van der Waals surface area contributed by atoms with Gasteiger partial charge in [0.05, 0.1) is 156 Å². The third-order valence-electron chi connectivity index (χ3n) is 10.8. The first-order valence-electron chi connectivity index (χ1n) is 25.4. The van der Waals surface area contributed by atoms with Gasteiger partial charge in [0, 0.05) is 31.2 Å². The highest BCUT2D eigenvalue weighted by Gasteiger charge is 2.20. The fourth-order valence-corrected chi connectivity index (χ4v) is 8.67. The van der Waals surface area contributed by atoms with E-state index in [4.69, 9.17) is 61.6 Å². The predicted molar refractivity (Wildman–Crippen MR) is 286 cm³/mol. The molecule has 0 radical (unpaired) electrons. The van der Waals surface area contributed by atoms with Crippen LogP contribution in [0.3, 0.4) is 0 Å². The molecule has 5 aromatic rings. The molecule has 2 heterocycles. The topological polar surface area (TPSA) is 229 Å². The van der Waals surface area contributed by atoms with Gasteiger partial charge in [-0.25, -0.2) is 8.42 Å². The van der Waals surface area contributed by atoms with Crippen LogP contribution in [0.5, 0.6) is 11.5 Å². The van der Waals surface area contributed by atoms with Crippen molar-refractivity contribution >= 4 is 26.5 Å². The maximum Gasteiger partial charge on any atom is 0.263 e. The molecule has 2 aromatic heterocycles. The molecule has 0 aliphatic carbocycles. The van der Waals surface area contributed by atoms with E-state index in [9.17, 15) is 13.7 Å². The van der Waals surface area contributed by atoms with Gasteiger partial charge >= 0.3 is 0 Å². The average Bonchev–Trinajstić information content (AvgIpc) is 3.94. The van der Waals surface area contributed by atoms with E-state index in [-0.39, 0.29) is 21.3 Å². The Hall–Kier alpha value is -5.07. The van der Waals surface area contributed by atoms with Gasteiger partial charge < -0.3 is 61.6 Å². The van der Waals surface area contributed by atoms with Gasteiger partial charge in [-0.3, -0.25) is 9.71 Å². The van der Waals surface area contributed by atoms with Gasteiger partial charge in [0.25, 0.3) is 10.0 Å². The molecule has 0 fully saturated rings. The summed E-state index contributed by atoms with van der Waals surface area (Å²) in [5.74, 6) is 0.701. The van der Waals surface area contributed by atoms with Gasteiger partial charge in [-0.2, -0.15) is 5.26 Å². The van der Waals surface area contributed by atoms with Crippen LogP contribution in [0.1, 0.15) is 29.7 Å². The summed E-state index contributed by atoms with van der Waals surface area (Å²) in [5, 5.41) is 17.6. The number of aromatic nitrogens is 3. The number of aryl methyl sites for hydroxylation is 2. The first-order chi connectivity index (χ1) is 37.4. The number of nitriles is 1. The zero-order valence-corrected chi connectivity index (χ0v) is 45.3. The number of rotatable bonds is 45. The molecule has 1 N–H and O–H groups in total. The molecule has 0 amide bonds. The lowest BCUT2D eigenvalue weighted by Gasteiger charge is -2.16. The quantitative estimate of drug-likeness (QED) is 0.0380. The molecule has 0 atom stereocenters. The molecule has 22 heteroatoms. The standard InChI is InChI=1S/C54H73N5O15S2/c1-44-6-5-7-45(38-44)46-9-11-53(74-52-12-10-50(40-48(52)42-55)76(60,61)59-54-58-57-43-75-54)51(41-46)47-13-14-56-49(39-47)8-3-4-15-63-18-19-65-22-23-67-26-27-69-30-31-71-34-35-73-37-36-72-33-32-70-29-28-68-25-24-66-21-20-64-17-16-62-2/h5-7,9-14,38-41,43H,3-4,8,15-37H2,1-2H3,(H,58,59). The number of nitrogens with one attached hydrogen (secondary N) is 1. The molecule has 3 aromatic carbocycles. The molecule has 0 spiro atoms. The zero-order valence-electron chi connectivity index (χ0n) is 43.7. The smallest absolute Gasteiger partial charge is 0.263 e. The van der Waals surface area contributed by atoms with Crippen molar-refractivity contribution in [1.29, 1.82) is 5.26 Å². The largest absolute Gasteiger partial charge is 0.455 e. The van der Waals surface area contributed by atoms with Crippen molar-refractivity contribution in [1.82, 2.24) is 15.2 Å². The van der Waals surface area contributed by atoms with Gasteiger partial charge in [-0.15, -0.1) is 10.2 Å². The SMILES string of the molecule is COCCOCCOCCOCCOCCOCCOCCOCCOCCOCCOCCOCCCCc1cc(-c2cc(-c3cccc(C)c3)ccc2Oc2ccc(S(=O)(=O)Nc3nncs3)cc2C#N)ccn1. The number of ether oxygens (including phenoxy) is 13. The second-order valence-electron chi connectivity index (χ2n) is 16.5. The van der Waals surface area contributed by atoms with Crippen molar-refractivity contribution in [2.75, 3.05) is 164 Å². The number of anilines is 1. The highest BCUT2D eigenvalue weighted by Crippen LogP contribution is 2.38. The molecule has 0 aliphatic heterocycles. The van der Waals surface area contributed by atoms with Gasteiger partial charge in [-0.1, -0.05) is 47.2 Å². The van der Waals surface area contributed by atoms with E-state index < -0.39 is 10.0 Å². The summed E-state index contributed by atoms with van der Waals surface area (Å²) < 4.78 is 101. The summed E-state index contributed by atoms with van der Waals surface area (Å²) in [6.45, 7) is 13.6. The minimum atomic E-state index is -4.02. The summed E-state index contributed by atoms with van der Waals surface area (Å²) in [6.07, 6.45) is 4.24. The van der Waals surface area contributed by atoms with Crippen molar-refractivity contribution in [2.24, 2.45) is 0 Å². The normalized spacial score (nSPS) is 11.5. The Labute approximate surface area is 451 Å². The lowest BCUT2D eigenvalue weighted by Crippen LogP contribution is -2.15. The van der Waals surface area contributed by atoms with Crippen LogP contribution >= 0.6 is 11.3 Å². The fourth-order valence-electron chi connectivity index (χ4n) is 6.95. The van der Waals surface area contributed by atoms with Crippen LogP contribution in [0, 0.1) is 18.3 Å². The summed E-state index contributed by atoms with van der Waals surface area (Å²) in [4.78, 5) is 4.54. The number of benzene rings is 3. The number of hydrogen-bond acceptors (Lipinski definition) is 20. The lowest BCUT2D eigenvalue weighted by atomic mass is 9.97. The second kappa shape index (κ2) is 38.5. The number of methoxy groups -OCH3 is 1. The molecule has 0 unspecified atom stereocenters. The molecule has 0 saturated heterocycles. The summed E-state index contributed by atoms with van der Waals surface area (Å²) in [7, 11) is -2.38. The summed E-state index contributed by atoms with van der Waals surface area (Å²) >= 11 is 1.05. The number of pyridine rings is 1. The van der Waals surface area contributed by atoms with Gasteiger partial charge in [0.2, 0.25) is 5.13 Å². The third-order valence-corrected chi connectivity index (χ3v) is 12.8. The number of unbranched alkanes of at least 4 members (excludes halogenated alkanes) is 1. The highest BCUT2D eigenvalue weighted by molar-refractivity contribution is 7.93. The first kappa shape index (κ1) is 61.8. The maximum absolute atomic E-state index is 13.0. The molecular formula is C54H73N5O15S2. The van der Waals surface area contributed by atoms with Crippen LogP contribution < -0.4 is 9.46 Å². The van der Waals surface area contributed by atoms with Crippen molar-refractivity contribution in [2.45, 2.75) is 31.1 Å². The van der Waals surface area contributed by atoms with Crippen molar-refractivity contribution in [3.8, 4) is 39.8 Å². The monoisotopic (exact) mass is 1100 g/mol. The van der Waals surface area contributed by atoms with Crippen LogP contribution in [0.4, 0.5) is 5.13 Å². The van der Waals surface area contributed by atoms with Crippen LogP contribution in [0.2, 0.25) is 0 Å². The molecular weight excluding hydrogens is 1020 g/mol. The van der Waals surface area contributed by atoms with E-state index in [0.717, 1.165) is 64.1 Å². The Balaban J connectivity index is 0.859. The van der Waals surface area contributed by atoms with Crippen LogP contribution in [0.15, 0.2) is 89.4 Å². The first-order valence-corrected chi connectivity index (χ1v) is 27.7. The molecule has 20 nitrogen and oxygen atoms in total. The molecule has 416 valence electrons. The molecule has 5 rings (SSSR count). The van der Waals surface area contributed by atoms with Crippen molar-refractivity contribution < 1.29 is 70.0 Å². The zero-order chi connectivity index (χ0) is 53.6. The lowest BCUT2D eigenvalue weighted by molar-refractivity contribution is -0.0280. The van der Waals surface area contributed by atoms with Crippen LogP contribution in [-0.2, 0) is 73.3 Å².